The summed E-state index contributed by atoms with van der Waals surface area (Å²) in [4.78, 5) is 12.6. The van der Waals surface area contributed by atoms with Gasteiger partial charge in [0.25, 0.3) is 5.91 Å². The summed E-state index contributed by atoms with van der Waals surface area (Å²) in [5.41, 5.74) is 1.55. The van der Waals surface area contributed by atoms with Gasteiger partial charge in [0.1, 0.15) is 0 Å². The molecule has 136 valence electrons. The molecule has 0 saturated heterocycles. The van der Waals surface area contributed by atoms with Gasteiger partial charge >= 0.3 is 0 Å². The van der Waals surface area contributed by atoms with E-state index in [1.807, 2.05) is 36.4 Å². The van der Waals surface area contributed by atoms with E-state index in [0.717, 1.165) is 18.4 Å². The van der Waals surface area contributed by atoms with Crippen molar-refractivity contribution < 1.29 is 14.3 Å². The first kappa shape index (κ1) is 19.3. The second-order valence-corrected chi connectivity index (χ2v) is 6.00. The Morgan fingerprint density at radius 3 is 2.54 bits per heavy atom. The van der Waals surface area contributed by atoms with Gasteiger partial charge in [-0.2, -0.15) is 5.26 Å². The lowest BCUT2D eigenvalue weighted by Gasteiger charge is -2.22. The topological polar surface area (TPSA) is 71.3 Å². The molecule has 0 aliphatic rings. The Kier molecular flexibility index (Phi) is 7.04. The Labute approximate surface area is 154 Å². The summed E-state index contributed by atoms with van der Waals surface area (Å²) in [5, 5.41) is 12.0. The molecule has 0 radical (unpaired) electrons. The number of hydrogen-bond donors (Lipinski definition) is 1. The second-order valence-electron chi connectivity index (χ2n) is 6.00. The van der Waals surface area contributed by atoms with Crippen LogP contribution in [0.2, 0.25) is 0 Å². The number of methoxy groups -OCH3 is 1. The molecular weight excluding hydrogens is 328 g/mol. The summed E-state index contributed by atoms with van der Waals surface area (Å²) in [5.74, 6) is 0.663. The fourth-order valence-electron chi connectivity index (χ4n) is 2.66. The molecule has 0 heterocycles. The molecule has 2 atom stereocenters. The molecule has 5 nitrogen and oxygen atoms in total. The lowest BCUT2D eigenvalue weighted by Crippen LogP contribution is -2.38. The van der Waals surface area contributed by atoms with Crippen molar-refractivity contribution >= 4 is 5.91 Å². The van der Waals surface area contributed by atoms with E-state index < -0.39 is 6.10 Å². The number of nitriles is 1. The van der Waals surface area contributed by atoms with Gasteiger partial charge in [0.15, 0.2) is 17.6 Å². The summed E-state index contributed by atoms with van der Waals surface area (Å²) in [7, 11) is 1.50. The van der Waals surface area contributed by atoms with Crippen LogP contribution in [0, 0.1) is 11.3 Å². The molecule has 0 aromatic heterocycles. The van der Waals surface area contributed by atoms with Crippen molar-refractivity contribution in [2.24, 2.45) is 0 Å². The van der Waals surface area contributed by atoms with E-state index >= 15 is 0 Å². The summed E-state index contributed by atoms with van der Waals surface area (Å²) >= 11 is 0. The molecule has 0 spiro atoms. The number of amides is 1. The monoisotopic (exact) mass is 352 g/mol. The normalized spacial score (nSPS) is 12.5. The third kappa shape index (κ3) is 5.00. The minimum atomic E-state index is -0.695. The van der Waals surface area contributed by atoms with Crippen LogP contribution < -0.4 is 14.8 Å². The zero-order valence-corrected chi connectivity index (χ0v) is 15.4. The standard InChI is InChI=1S/C21H24N2O3/c1-4-8-18(17-9-6-5-7-10-17)23-21(24)15(2)26-19-12-11-16(14-22)13-20(19)25-3/h5-7,9-13,15,18H,4,8H2,1-3H3,(H,23,24)/t15-,18+/m1/s1. The fourth-order valence-corrected chi connectivity index (χ4v) is 2.66. The van der Waals surface area contributed by atoms with Crippen LogP contribution in [-0.2, 0) is 4.79 Å². The number of carbonyl (C=O) groups excluding carboxylic acids is 1. The Balaban J connectivity index is 2.08. The number of nitrogens with zero attached hydrogens (tertiary/aromatic N) is 1. The Bertz CT molecular complexity index is 769. The molecular formula is C21H24N2O3. The molecule has 1 N–H and O–H groups in total. The molecule has 0 aliphatic heterocycles. The van der Waals surface area contributed by atoms with E-state index in [4.69, 9.17) is 14.7 Å². The number of rotatable bonds is 8. The number of carbonyl (C=O) groups is 1. The van der Waals surface area contributed by atoms with E-state index in [-0.39, 0.29) is 11.9 Å². The SMILES string of the molecule is CCC[C@H](NC(=O)[C@@H](C)Oc1ccc(C#N)cc1OC)c1ccccc1. The van der Waals surface area contributed by atoms with Crippen LogP contribution in [0.3, 0.4) is 0 Å². The predicted octanol–water partition coefficient (Wildman–Crippen LogP) is 3.99. The predicted molar refractivity (Wildman–Crippen MR) is 100 cm³/mol. The average Bonchev–Trinajstić information content (AvgIpc) is 2.68. The van der Waals surface area contributed by atoms with E-state index in [1.54, 1.807) is 25.1 Å². The van der Waals surface area contributed by atoms with Crippen molar-refractivity contribution in [3.8, 4) is 17.6 Å². The zero-order chi connectivity index (χ0) is 18.9. The molecule has 0 fully saturated rings. The molecule has 1 amide bonds. The van der Waals surface area contributed by atoms with Crippen molar-refractivity contribution in [3.05, 3.63) is 59.7 Å². The largest absolute Gasteiger partial charge is 0.493 e. The molecule has 5 heteroatoms. The highest BCUT2D eigenvalue weighted by molar-refractivity contribution is 5.81. The maximum atomic E-state index is 12.6. The average molecular weight is 352 g/mol. The van der Waals surface area contributed by atoms with Gasteiger partial charge in [-0.25, -0.2) is 0 Å². The van der Waals surface area contributed by atoms with Crippen molar-refractivity contribution in [1.29, 1.82) is 5.26 Å². The Morgan fingerprint density at radius 1 is 1.19 bits per heavy atom. The van der Waals surface area contributed by atoms with Gasteiger partial charge < -0.3 is 14.8 Å². The summed E-state index contributed by atoms with van der Waals surface area (Å²) in [6.07, 6.45) is 1.11. The first-order valence-corrected chi connectivity index (χ1v) is 8.69. The highest BCUT2D eigenvalue weighted by atomic mass is 16.5. The maximum Gasteiger partial charge on any atom is 0.261 e. The van der Waals surface area contributed by atoms with Gasteiger partial charge in [-0.15, -0.1) is 0 Å². The molecule has 0 unspecified atom stereocenters. The van der Waals surface area contributed by atoms with Crippen molar-refractivity contribution in [2.75, 3.05) is 7.11 Å². The van der Waals surface area contributed by atoms with Gasteiger partial charge in [-0.3, -0.25) is 4.79 Å². The Hall–Kier alpha value is -3.00. The third-order valence-electron chi connectivity index (χ3n) is 4.06. The molecule has 2 rings (SSSR count). The second kappa shape index (κ2) is 9.47. The van der Waals surface area contributed by atoms with E-state index in [0.29, 0.717) is 17.1 Å². The molecule has 0 saturated carbocycles. The number of nitrogens with one attached hydrogen (secondary N) is 1. The minimum Gasteiger partial charge on any atom is -0.493 e. The minimum absolute atomic E-state index is 0.0531. The van der Waals surface area contributed by atoms with Crippen LogP contribution in [0.15, 0.2) is 48.5 Å². The molecule has 0 aliphatic carbocycles. The smallest absolute Gasteiger partial charge is 0.261 e. The van der Waals surface area contributed by atoms with Crippen LogP contribution in [0.4, 0.5) is 0 Å². The highest BCUT2D eigenvalue weighted by Gasteiger charge is 2.21. The quantitative estimate of drug-likeness (QED) is 0.780. The fraction of sp³-hybridized carbons (Fsp3) is 0.333. The molecule has 2 aromatic rings. The number of ether oxygens (including phenoxy) is 2. The first-order chi connectivity index (χ1) is 12.6. The van der Waals surface area contributed by atoms with E-state index in [1.165, 1.54) is 7.11 Å². The van der Waals surface area contributed by atoms with Gasteiger partial charge in [0.05, 0.1) is 24.8 Å². The lowest BCUT2D eigenvalue weighted by molar-refractivity contribution is -0.128. The molecule has 0 bridgehead atoms. The van der Waals surface area contributed by atoms with Crippen molar-refractivity contribution in [3.63, 3.8) is 0 Å². The molecule has 26 heavy (non-hydrogen) atoms. The van der Waals surface area contributed by atoms with Crippen LogP contribution in [0.25, 0.3) is 0 Å². The lowest BCUT2D eigenvalue weighted by atomic mass is 10.0. The van der Waals surface area contributed by atoms with Crippen LogP contribution in [-0.4, -0.2) is 19.1 Å². The van der Waals surface area contributed by atoms with Gasteiger partial charge in [-0.1, -0.05) is 43.7 Å². The first-order valence-electron chi connectivity index (χ1n) is 8.69. The van der Waals surface area contributed by atoms with E-state index in [2.05, 4.69) is 12.2 Å². The zero-order valence-electron chi connectivity index (χ0n) is 15.4. The molecule has 2 aromatic carbocycles. The summed E-state index contributed by atoms with van der Waals surface area (Å²) in [6.45, 7) is 3.78. The van der Waals surface area contributed by atoms with Crippen LogP contribution >= 0.6 is 0 Å². The maximum absolute atomic E-state index is 12.6. The Morgan fingerprint density at radius 2 is 1.92 bits per heavy atom. The van der Waals surface area contributed by atoms with Gasteiger partial charge in [0.2, 0.25) is 0 Å². The summed E-state index contributed by atoms with van der Waals surface area (Å²) < 4.78 is 11.0. The number of benzene rings is 2. The van der Waals surface area contributed by atoms with Crippen LogP contribution in [0.1, 0.15) is 43.9 Å². The third-order valence-corrected chi connectivity index (χ3v) is 4.06. The van der Waals surface area contributed by atoms with Crippen LogP contribution in [0.5, 0.6) is 11.5 Å². The van der Waals surface area contributed by atoms with Crippen molar-refractivity contribution in [2.45, 2.75) is 38.8 Å². The van der Waals surface area contributed by atoms with Crippen molar-refractivity contribution in [1.82, 2.24) is 5.32 Å². The van der Waals surface area contributed by atoms with Gasteiger partial charge in [-0.05, 0) is 31.0 Å². The van der Waals surface area contributed by atoms with E-state index in [9.17, 15) is 4.79 Å². The van der Waals surface area contributed by atoms with Gasteiger partial charge in [0, 0.05) is 6.07 Å². The summed E-state index contributed by atoms with van der Waals surface area (Å²) in [6, 6.07) is 16.8. The highest BCUT2D eigenvalue weighted by Crippen LogP contribution is 2.29. The number of hydrogen-bond acceptors (Lipinski definition) is 4.